The maximum absolute atomic E-state index is 5.50. The molecule has 0 radical (unpaired) electrons. The van der Waals surface area contributed by atoms with Crippen LogP contribution in [0.1, 0.15) is 60.3 Å². The lowest BCUT2D eigenvalue weighted by molar-refractivity contribution is 0.0156. The highest BCUT2D eigenvalue weighted by Gasteiger charge is 2.38. The average Bonchev–Trinajstić information content (AvgIpc) is 2.26. The van der Waals surface area contributed by atoms with Crippen molar-refractivity contribution in [3.63, 3.8) is 0 Å². The Morgan fingerprint density at radius 2 is 1.78 bits per heavy atom. The molecule has 0 unspecified atom stereocenters. The standard InChI is InChI=1S/C16H33NO/c1-13(2)17-11-16(12-18-6)9-7-14(8-10-16)15(3,4)5/h13-14,17H,7-12H2,1-6H3. The maximum atomic E-state index is 5.50. The van der Waals surface area contributed by atoms with Gasteiger partial charge >= 0.3 is 0 Å². The first kappa shape index (κ1) is 16.0. The minimum absolute atomic E-state index is 0.376. The smallest absolute Gasteiger partial charge is 0.0530 e. The summed E-state index contributed by atoms with van der Waals surface area (Å²) >= 11 is 0. The van der Waals surface area contributed by atoms with Crippen LogP contribution in [0.15, 0.2) is 0 Å². The lowest BCUT2D eigenvalue weighted by atomic mass is 9.64. The molecule has 0 amide bonds. The van der Waals surface area contributed by atoms with Crippen molar-refractivity contribution in [2.45, 2.75) is 66.3 Å². The summed E-state index contributed by atoms with van der Waals surface area (Å²) in [5.41, 5.74) is 0.839. The Balaban J connectivity index is 2.56. The van der Waals surface area contributed by atoms with Crippen LogP contribution in [0.5, 0.6) is 0 Å². The van der Waals surface area contributed by atoms with Crippen LogP contribution in [0.3, 0.4) is 0 Å². The van der Waals surface area contributed by atoms with Gasteiger partial charge in [0.25, 0.3) is 0 Å². The molecule has 0 aromatic carbocycles. The Hall–Kier alpha value is -0.0800. The number of rotatable bonds is 5. The van der Waals surface area contributed by atoms with Crippen molar-refractivity contribution in [1.29, 1.82) is 0 Å². The molecule has 1 fully saturated rings. The zero-order valence-corrected chi connectivity index (χ0v) is 13.3. The predicted octanol–water partition coefficient (Wildman–Crippen LogP) is 3.85. The van der Waals surface area contributed by atoms with Crippen LogP contribution in [0.2, 0.25) is 0 Å². The summed E-state index contributed by atoms with van der Waals surface area (Å²) in [4.78, 5) is 0. The number of nitrogens with one attached hydrogen (secondary N) is 1. The third kappa shape index (κ3) is 4.55. The van der Waals surface area contributed by atoms with E-state index >= 15 is 0 Å². The van der Waals surface area contributed by atoms with Crippen LogP contribution < -0.4 is 5.32 Å². The summed E-state index contributed by atoms with van der Waals surface area (Å²) in [5.74, 6) is 0.876. The van der Waals surface area contributed by atoms with E-state index in [-0.39, 0.29) is 0 Å². The van der Waals surface area contributed by atoms with Gasteiger partial charge in [-0.2, -0.15) is 0 Å². The molecule has 0 spiro atoms. The molecule has 0 aromatic rings. The zero-order valence-electron chi connectivity index (χ0n) is 13.3. The third-order valence-electron chi connectivity index (χ3n) is 4.61. The normalized spacial score (nSPS) is 29.8. The predicted molar refractivity (Wildman–Crippen MR) is 78.9 cm³/mol. The van der Waals surface area contributed by atoms with E-state index in [1.807, 2.05) is 7.11 Å². The van der Waals surface area contributed by atoms with Gasteiger partial charge in [-0.1, -0.05) is 34.6 Å². The SMILES string of the molecule is COCC1(CNC(C)C)CCC(C(C)(C)C)CC1. The first-order valence-corrected chi connectivity index (χ1v) is 7.51. The van der Waals surface area contributed by atoms with Gasteiger partial charge in [0, 0.05) is 25.1 Å². The zero-order chi connectivity index (χ0) is 13.8. The van der Waals surface area contributed by atoms with Gasteiger partial charge in [0.05, 0.1) is 6.61 Å². The van der Waals surface area contributed by atoms with E-state index in [0.29, 0.717) is 16.9 Å². The molecule has 18 heavy (non-hydrogen) atoms. The molecule has 1 N–H and O–H groups in total. The second kappa shape index (κ2) is 6.38. The van der Waals surface area contributed by atoms with Crippen LogP contribution >= 0.6 is 0 Å². The largest absolute Gasteiger partial charge is 0.384 e. The molecule has 1 aliphatic carbocycles. The Morgan fingerprint density at radius 3 is 2.17 bits per heavy atom. The Kier molecular flexibility index (Phi) is 5.67. The summed E-state index contributed by atoms with van der Waals surface area (Å²) in [7, 11) is 1.84. The van der Waals surface area contributed by atoms with Gasteiger partial charge in [0.15, 0.2) is 0 Å². The quantitative estimate of drug-likeness (QED) is 0.805. The summed E-state index contributed by atoms with van der Waals surface area (Å²) in [5, 5.41) is 3.61. The molecule has 0 heterocycles. The van der Waals surface area contributed by atoms with Crippen molar-refractivity contribution in [1.82, 2.24) is 5.32 Å². The molecule has 0 atom stereocenters. The minimum atomic E-state index is 0.376. The molecule has 1 saturated carbocycles. The van der Waals surface area contributed by atoms with Crippen molar-refractivity contribution in [2.75, 3.05) is 20.3 Å². The number of methoxy groups -OCH3 is 1. The van der Waals surface area contributed by atoms with E-state index in [1.165, 1.54) is 25.7 Å². The van der Waals surface area contributed by atoms with Crippen molar-refractivity contribution in [3.8, 4) is 0 Å². The van der Waals surface area contributed by atoms with Gasteiger partial charge in [-0.15, -0.1) is 0 Å². The second-order valence-electron chi connectivity index (χ2n) is 7.61. The molecule has 0 bridgehead atoms. The van der Waals surface area contributed by atoms with E-state index in [0.717, 1.165) is 19.1 Å². The van der Waals surface area contributed by atoms with Gasteiger partial charge in [-0.25, -0.2) is 0 Å². The molecular formula is C16H33NO. The highest BCUT2D eigenvalue weighted by molar-refractivity contribution is 4.90. The van der Waals surface area contributed by atoms with Gasteiger partial charge in [-0.05, 0) is 37.0 Å². The summed E-state index contributed by atoms with van der Waals surface area (Å²) in [6, 6.07) is 0.569. The Morgan fingerprint density at radius 1 is 1.22 bits per heavy atom. The fourth-order valence-corrected chi connectivity index (χ4v) is 3.20. The van der Waals surface area contributed by atoms with Crippen molar-refractivity contribution >= 4 is 0 Å². The Labute approximate surface area is 114 Å². The van der Waals surface area contributed by atoms with Gasteiger partial charge in [0.2, 0.25) is 0 Å². The molecule has 1 aliphatic rings. The van der Waals surface area contributed by atoms with E-state index in [1.54, 1.807) is 0 Å². The van der Waals surface area contributed by atoms with Crippen LogP contribution in [0.4, 0.5) is 0 Å². The molecule has 2 heteroatoms. The monoisotopic (exact) mass is 255 g/mol. The van der Waals surface area contributed by atoms with Gasteiger partial charge in [-0.3, -0.25) is 0 Å². The van der Waals surface area contributed by atoms with Crippen LogP contribution in [0.25, 0.3) is 0 Å². The molecule has 0 aliphatic heterocycles. The van der Waals surface area contributed by atoms with Gasteiger partial charge in [0.1, 0.15) is 0 Å². The lowest BCUT2D eigenvalue weighted by Crippen LogP contribution is -2.44. The summed E-state index contributed by atoms with van der Waals surface area (Å²) < 4.78 is 5.50. The highest BCUT2D eigenvalue weighted by Crippen LogP contribution is 2.45. The first-order chi connectivity index (χ1) is 8.29. The average molecular weight is 255 g/mol. The maximum Gasteiger partial charge on any atom is 0.0530 e. The molecule has 1 rings (SSSR count). The highest BCUT2D eigenvalue weighted by atomic mass is 16.5. The second-order valence-corrected chi connectivity index (χ2v) is 7.61. The van der Waals surface area contributed by atoms with E-state index in [9.17, 15) is 0 Å². The fourth-order valence-electron chi connectivity index (χ4n) is 3.20. The van der Waals surface area contributed by atoms with Crippen molar-refractivity contribution < 1.29 is 4.74 Å². The third-order valence-corrected chi connectivity index (χ3v) is 4.61. The molecular weight excluding hydrogens is 222 g/mol. The molecule has 0 aromatic heterocycles. The fraction of sp³-hybridized carbons (Fsp3) is 1.00. The van der Waals surface area contributed by atoms with E-state index < -0.39 is 0 Å². The first-order valence-electron chi connectivity index (χ1n) is 7.51. The van der Waals surface area contributed by atoms with Crippen molar-refractivity contribution in [3.05, 3.63) is 0 Å². The molecule has 2 nitrogen and oxygen atoms in total. The molecule has 108 valence electrons. The number of ether oxygens (including phenoxy) is 1. The Bertz CT molecular complexity index is 234. The van der Waals surface area contributed by atoms with E-state index in [4.69, 9.17) is 4.74 Å². The number of hydrogen-bond acceptors (Lipinski definition) is 2. The van der Waals surface area contributed by atoms with Gasteiger partial charge < -0.3 is 10.1 Å². The number of hydrogen-bond donors (Lipinski definition) is 1. The van der Waals surface area contributed by atoms with Crippen LogP contribution in [-0.4, -0.2) is 26.3 Å². The topological polar surface area (TPSA) is 21.3 Å². The van der Waals surface area contributed by atoms with E-state index in [2.05, 4.69) is 39.9 Å². The minimum Gasteiger partial charge on any atom is -0.384 e. The summed E-state index contributed by atoms with van der Waals surface area (Å²) in [6.45, 7) is 13.6. The molecule has 0 saturated heterocycles. The van der Waals surface area contributed by atoms with Crippen molar-refractivity contribution in [2.24, 2.45) is 16.7 Å². The van der Waals surface area contributed by atoms with Crippen LogP contribution in [0, 0.1) is 16.7 Å². The lowest BCUT2D eigenvalue weighted by Gasteiger charge is -2.44. The van der Waals surface area contributed by atoms with Crippen LogP contribution in [-0.2, 0) is 4.74 Å². The summed E-state index contributed by atoms with van der Waals surface area (Å²) in [6.07, 6.45) is 5.32.